The summed E-state index contributed by atoms with van der Waals surface area (Å²) >= 11 is 1.55. The molecule has 0 saturated heterocycles. The Labute approximate surface area is 166 Å². The van der Waals surface area contributed by atoms with E-state index in [-0.39, 0.29) is 23.0 Å². The molecule has 2 aromatic carbocycles. The lowest BCUT2D eigenvalue weighted by molar-refractivity contribution is -0.115. The molecule has 0 fully saturated rings. The van der Waals surface area contributed by atoms with Crippen molar-refractivity contribution in [3.05, 3.63) is 72.4 Å². The fourth-order valence-corrected chi connectivity index (χ4v) is 4.78. The summed E-state index contributed by atoms with van der Waals surface area (Å²) in [5.41, 5.74) is 2.30. The molecule has 0 aliphatic carbocycles. The molecule has 1 amide bonds. The molecule has 0 radical (unpaired) electrons. The highest BCUT2D eigenvalue weighted by molar-refractivity contribution is 7.91. The van der Waals surface area contributed by atoms with Gasteiger partial charge in [-0.2, -0.15) is 0 Å². The standard InChI is InChI=1S/C20H17N3O3S2/c24-19(9-12-28(25,26)17-7-2-1-3-8-17)21-16-6-4-5-15(13-16)18-14-23-10-11-27-20(23)22-18/h1-8,10-11,13-14H,9,12H2,(H,21,24). The summed E-state index contributed by atoms with van der Waals surface area (Å²) < 4.78 is 26.5. The van der Waals surface area contributed by atoms with Gasteiger partial charge in [0.25, 0.3) is 0 Å². The zero-order valence-corrected chi connectivity index (χ0v) is 16.4. The monoisotopic (exact) mass is 411 g/mol. The van der Waals surface area contributed by atoms with E-state index in [0.29, 0.717) is 5.69 Å². The van der Waals surface area contributed by atoms with Crippen LogP contribution in [0.5, 0.6) is 0 Å². The van der Waals surface area contributed by atoms with Gasteiger partial charge in [0, 0.05) is 35.4 Å². The summed E-state index contributed by atoms with van der Waals surface area (Å²) in [7, 11) is -3.48. The summed E-state index contributed by atoms with van der Waals surface area (Å²) in [4.78, 5) is 17.9. The number of sulfone groups is 1. The summed E-state index contributed by atoms with van der Waals surface area (Å²) in [5.74, 6) is -0.581. The molecular formula is C20H17N3O3S2. The highest BCUT2D eigenvalue weighted by Gasteiger charge is 2.16. The van der Waals surface area contributed by atoms with Crippen molar-refractivity contribution in [3.63, 3.8) is 0 Å². The average Bonchev–Trinajstić information content (AvgIpc) is 3.30. The molecule has 142 valence electrons. The van der Waals surface area contributed by atoms with Crippen LogP contribution in [0, 0.1) is 0 Å². The molecule has 8 heteroatoms. The number of rotatable bonds is 6. The maximum atomic E-state index is 12.3. The van der Waals surface area contributed by atoms with E-state index in [1.54, 1.807) is 35.6 Å². The van der Waals surface area contributed by atoms with Crippen LogP contribution in [0.1, 0.15) is 6.42 Å². The van der Waals surface area contributed by atoms with E-state index < -0.39 is 9.84 Å². The average molecular weight is 412 g/mol. The van der Waals surface area contributed by atoms with Gasteiger partial charge in [0.05, 0.1) is 16.3 Å². The molecule has 4 aromatic rings. The van der Waals surface area contributed by atoms with Crippen molar-refractivity contribution in [1.82, 2.24) is 9.38 Å². The number of benzene rings is 2. The van der Waals surface area contributed by atoms with Crippen molar-refractivity contribution in [1.29, 1.82) is 0 Å². The van der Waals surface area contributed by atoms with Crippen LogP contribution in [-0.4, -0.2) is 29.5 Å². The molecular weight excluding hydrogens is 394 g/mol. The third kappa shape index (κ3) is 3.97. The zero-order chi connectivity index (χ0) is 19.6. The van der Waals surface area contributed by atoms with Gasteiger partial charge in [-0.1, -0.05) is 30.3 Å². The minimum atomic E-state index is -3.48. The number of nitrogens with one attached hydrogen (secondary N) is 1. The van der Waals surface area contributed by atoms with Gasteiger partial charge in [0.2, 0.25) is 5.91 Å². The van der Waals surface area contributed by atoms with Crippen LogP contribution in [0.15, 0.2) is 77.3 Å². The molecule has 0 aliphatic heterocycles. The molecule has 0 bridgehead atoms. The normalized spacial score (nSPS) is 11.6. The fourth-order valence-electron chi connectivity index (χ4n) is 2.82. The lowest BCUT2D eigenvalue weighted by Gasteiger charge is -2.07. The Bertz CT molecular complexity index is 1200. The first-order valence-corrected chi connectivity index (χ1v) is 11.1. The lowest BCUT2D eigenvalue weighted by atomic mass is 10.1. The largest absolute Gasteiger partial charge is 0.326 e. The second kappa shape index (κ2) is 7.57. The van der Waals surface area contributed by atoms with Gasteiger partial charge in [-0.05, 0) is 24.3 Å². The van der Waals surface area contributed by atoms with Crippen molar-refractivity contribution < 1.29 is 13.2 Å². The van der Waals surface area contributed by atoms with Crippen molar-refractivity contribution in [2.45, 2.75) is 11.3 Å². The van der Waals surface area contributed by atoms with Crippen LogP contribution in [0.25, 0.3) is 16.2 Å². The van der Waals surface area contributed by atoms with Gasteiger partial charge < -0.3 is 5.32 Å². The summed E-state index contributed by atoms with van der Waals surface area (Å²) in [5, 5.41) is 4.73. The second-order valence-corrected chi connectivity index (χ2v) is 9.21. The van der Waals surface area contributed by atoms with Gasteiger partial charge in [-0.3, -0.25) is 9.20 Å². The van der Waals surface area contributed by atoms with Crippen LogP contribution in [0.3, 0.4) is 0 Å². The summed E-state index contributed by atoms with van der Waals surface area (Å²) in [6.45, 7) is 0. The number of carbonyl (C=O) groups is 1. The molecule has 2 aromatic heterocycles. The SMILES string of the molecule is O=C(CCS(=O)(=O)c1ccccc1)Nc1cccc(-c2cn3ccsc3n2)c1. The van der Waals surface area contributed by atoms with Crippen LogP contribution in [-0.2, 0) is 14.6 Å². The lowest BCUT2D eigenvalue weighted by Crippen LogP contribution is -2.17. The predicted molar refractivity (Wildman–Crippen MR) is 110 cm³/mol. The highest BCUT2D eigenvalue weighted by Crippen LogP contribution is 2.24. The van der Waals surface area contributed by atoms with Gasteiger partial charge >= 0.3 is 0 Å². The van der Waals surface area contributed by atoms with E-state index >= 15 is 0 Å². The first-order chi connectivity index (χ1) is 13.5. The molecule has 0 unspecified atom stereocenters. The highest BCUT2D eigenvalue weighted by atomic mass is 32.2. The maximum Gasteiger partial charge on any atom is 0.225 e. The van der Waals surface area contributed by atoms with Gasteiger partial charge in [0.15, 0.2) is 14.8 Å². The van der Waals surface area contributed by atoms with E-state index in [2.05, 4.69) is 10.3 Å². The molecule has 0 saturated carbocycles. The van der Waals surface area contributed by atoms with Crippen LogP contribution in [0.4, 0.5) is 5.69 Å². The van der Waals surface area contributed by atoms with E-state index in [0.717, 1.165) is 16.2 Å². The minimum absolute atomic E-state index is 0.109. The van der Waals surface area contributed by atoms with Crippen molar-refractivity contribution in [2.75, 3.05) is 11.1 Å². The second-order valence-electron chi connectivity index (χ2n) is 6.23. The molecule has 0 spiro atoms. The number of amides is 1. The number of nitrogens with zero attached hydrogens (tertiary/aromatic N) is 2. The van der Waals surface area contributed by atoms with E-state index in [1.165, 1.54) is 12.1 Å². The van der Waals surface area contributed by atoms with E-state index in [9.17, 15) is 13.2 Å². The van der Waals surface area contributed by atoms with E-state index in [1.807, 2.05) is 40.4 Å². The first kappa shape index (κ1) is 18.4. The number of hydrogen-bond acceptors (Lipinski definition) is 5. The third-order valence-corrected chi connectivity index (χ3v) is 6.74. The number of carbonyl (C=O) groups excluding carboxylic acids is 1. The predicted octanol–water partition coefficient (Wildman–Crippen LogP) is 3.87. The fraction of sp³-hybridized carbons (Fsp3) is 0.100. The Hall–Kier alpha value is -2.97. The molecule has 1 N–H and O–H groups in total. The first-order valence-electron chi connectivity index (χ1n) is 8.61. The Morgan fingerprint density at radius 2 is 1.93 bits per heavy atom. The topological polar surface area (TPSA) is 80.5 Å². The zero-order valence-electron chi connectivity index (χ0n) is 14.8. The molecule has 28 heavy (non-hydrogen) atoms. The van der Waals surface area contributed by atoms with Crippen LogP contribution >= 0.6 is 11.3 Å². The quantitative estimate of drug-likeness (QED) is 0.522. The Morgan fingerprint density at radius 3 is 2.71 bits per heavy atom. The third-order valence-electron chi connectivity index (χ3n) is 4.24. The number of hydrogen-bond donors (Lipinski definition) is 1. The number of fused-ring (bicyclic) bond motifs is 1. The number of anilines is 1. The molecule has 6 nitrogen and oxygen atoms in total. The van der Waals surface area contributed by atoms with Gasteiger partial charge in [0.1, 0.15) is 0 Å². The Kier molecular flexibility index (Phi) is 4.97. The van der Waals surface area contributed by atoms with Crippen molar-refractivity contribution in [3.8, 4) is 11.3 Å². The summed E-state index contributed by atoms with van der Waals surface area (Å²) in [6, 6.07) is 15.5. The van der Waals surface area contributed by atoms with Gasteiger partial charge in [-0.25, -0.2) is 13.4 Å². The van der Waals surface area contributed by atoms with Crippen LogP contribution in [0.2, 0.25) is 0 Å². The molecule has 0 atom stereocenters. The maximum absolute atomic E-state index is 12.3. The van der Waals surface area contributed by atoms with E-state index in [4.69, 9.17) is 0 Å². The molecule has 2 heterocycles. The van der Waals surface area contributed by atoms with Crippen LogP contribution < -0.4 is 5.32 Å². The van der Waals surface area contributed by atoms with Crippen molar-refractivity contribution in [2.24, 2.45) is 0 Å². The van der Waals surface area contributed by atoms with Crippen molar-refractivity contribution >= 4 is 37.7 Å². The number of imidazole rings is 1. The molecule has 4 rings (SSSR count). The number of thiazole rings is 1. The minimum Gasteiger partial charge on any atom is -0.326 e. The van der Waals surface area contributed by atoms with Gasteiger partial charge in [-0.15, -0.1) is 11.3 Å². The number of aromatic nitrogens is 2. The molecule has 0 aliphatic rings. The Morgan fingerprint density at radius 1 is 1.11 bits per heavy atom. The Balaban J connectivity index is 1.43. The smallest absolute Gasteiger partial charge is 0.225 e. The summed E-state index contributed by atoms with van der Waals surface area (Å²) in [6.07, 6.45) is 3.76.